The first-order valence-electron chi connectivity index (χ1n) is 8.84. The second-order valence-electron chi connectivity index (χ2n) is 6.31. The zero-order valence-electron chi connectivity index (χ0n) is 15.9. The summed E-state index contributed by atoms with van der Waals surface area (Å²) in [5.74, 6) is -1.33. The highest BCUT2D eigenvalue weighted by Gasteiger charge is 2.10. The van der Waals surface area contributed by atoms with Gasteiger partial charge in [0.05, 0.1) is 5.69 Å². The fourth-order valence-electron chi connectivity index (χ4n) is 2.73. The van der Waals surface area contributed by atoms with Gasteiger partial charge in [0.15, 0.2) is 0 Å². The molecule has 0 aliphatic rings. The summed E-state index contributed by atoms with van der Waals surface area (Å²) >= 11 is 0. The number of carbonyl (C=O) groups is 3. The van der Waals surface area contributed by atoms with E-state index in [-0.39, 0.29) is 18.3 Å². The van der Waals surface area contributed by atoms with Gasteiger partial charge in [0.25, 0.3) is 5.91 Å². The normalized spacial score (nSPS) is 11.0. The van der Waals surface area contributed by atoms with E-state index in [9.17, 15) is 14.4 Å². The number of urea groups is 1. The van der Waals surface area contributed by atoms with Crippen LogP contribution in [0.4, 0.5) is 10.5 Å². The molecule has 2 aromatic rings. The molecule has 0 fully saturated rings. The van der Waals surface area contributed by atoms with Crippen molar-refractivity contribution in [3.63, 3.8) is 0 Å². The van der Waals surface area contributed by atoms with Gasteiger partial charge in [-0.25, -0.2) is 9.79 Å². The van der Waals surface area contributed by atoms with Crippen molar-refractivity contribution in [2.24, 2.45) is 16.5 Å². The number of nitrogens with zero attached hydrogens (tertiary/aromatic N) is 1. The lowest BCUT2D eigenvalue weighted by atomic mass is 9.98. The number of rotatable bonds is 7. The van der Waals surface area contributed by atoms with Gasteiger partial charge < -0.3 is 21.9 Å². The van der Waals surface area contributed by atoms with Crippen LogP contribution in [0, 0.1) is 6.92 Å². The van der Waals surface area contributed by atoms with Crippen LogP contribution in [0.3, 0.4) is 0 Å². The second kappa shape index (κ2) is 9.88. The third kappa shape index (κ3) is 6.65. The van der Waals surface area contributed by atoms with Crippen molar-refractivity contribution in [1.29, 1.82) is 0 Å². The third-order valence-electron chi connectivity index (χ3n) is 4.21. The van der Waals surface area contributed by atoms with E-state index < -0.39 is 12.0 Å². The molecule has 3 amide bonds. The van der Waals surface area contributed by atoms with Crippen molar-refractivity contribution in [2.75, 3.05) is 0 Å². The van der Waals surface area contributed by atoms with Crippen LogP contribution in [-0.4, -0.2) is 29.0 Å². The van der Waals surface area contributed by atoms with Crippen LogP contribution in [0.5, 0.6) is 0 Å². The van der Waals surface area contributed by atoms with Gasteiger partial charge in [0.2, 0.25) is 5.96 Å². The Bertz CT molecular complexity index is 956. The molecular weight excluding hydrogens is 374 g/mol. The second-order valence-corrected chi connectivity index (χ2v) is 6.31. The van der Waals surface area contributed by atoms with E-state index in [1.54, 1.807) is 18.2 Å². The van der Waals surface area contributed by atoms with Gasteiger partial charge in [-0.3, -0.25) is 14.9 Å². The van der Waals surface area contributed by atoms with Crippen LogP contribution in [0.1, 0.15) is 33.5 Å². The quantitative estimate of drug-likeness (QED) is 0.353. The van der Waals surface area contributed by atoms with Crippen LogP contribution >= 0.6 is 0 Å². The third-order valence-corrected chi connectivity index (χ3v) is 4.21. The number of guanidine groups is 1. The van der Waals surface area contributed by atoms with Gasteiger partial charge in [0, 0.05) is 18.5 Å². The maximum atomic E-state index is 12.5. The summed E-state index contributed by atoms with van der Waals surface area (Å²) in [7, 11) is 0. The molecule has 0 heterocycles. The van der Waals surface area contributed by atoms with Gasteiger partial charge in [0.1, 0.15) is 0 Å². The van der Waals surface area contributed by atoms with Crippen LogP contribution in [-0.2, 0) is 17.8 Å². The number of carboxylic acid groups (broad SMARTS) is 1. The molecular formula is C20H23N5O4. The molecule has 0 bridgehead atoms. The summed E-state index contributed by atoms with van der Waals surface area (Å²) in [4.78, 5) is 38.0. The number of amides is 3. The predicted octanol–water partition coefficient (Wildman–Crippen LogP) is 1.56. The molecule has 0 atom stereocenters. The molecule has 0 aliphatic carbocycles. The largest absolute Gasteiger partial charge is 0.481 e. The summed E-state index contributed by atoms with van der Waals surface area (Å²) in [6.07, 6.45) is 0.488. The zero-order chi connectivity index (χ0) is 21.4. The standard InChI is InChI=1S/C20H23N5O4/c1-12-13(8-9-17(26)27)4-2-6-15(12)11-23-18(28)14-5-3-7-16(10-14)24-19(21)25-20(22)29/h2-7,10H,8-9,11H2,1H3,(H,23,28)(H,26,27)(H5,21,22,24,25,29). The Balaban J connectivity index is 2.06. The number of carboxylic acids is 1. The molecule has 0 spiro atoms. The van der Waals surface area contributed by atoms with Gasteiger partial charge in [-0.2, -0.15) is 0 Å². The van der Waals surface area contributed by atoms with Gasteiger partial charge in [-0.15, -0.1) is 0 Å². The van der Waals surface area contributed by atoms with Crippen LogP contribution < -0.4 is 22.1 Å². The molecule has 0 aromatic heterocycles. The van der Waals surface area contributed by atoms with E-state index >= 15 is 0 Å². The monoisotopic (exact) mass is 397 g/mol. The minimum Gasteiger partial charge on any atom is -0.481 e. The fraction of sp³-hybridized carbons (Fsp3) is 0.200. The molecule has 0 aliphatic heterocycles. The predicted molar refractivity (Wildman–Crippen MR) is 109 cm³/mol. The van der Waals surface area contributed by atoms with E-state index in [2.05, 4.69) is 15.6 Å². The van der Waals surface area contributed by atoms with E-state index in [0.29, 0.717) is 24.2 Å². The molecule has 0 unspecified atom stereocenters. The van der Waals surface area contributed by atoms with Crippen molar-refractivity contribution in [1.82, 2.24) is 10.6 Å². The van der Waals surface area contributed by atoms with Gasteiger partial charge >= 0.3 is 12.0 Å². The maximum absolute atomic E-state index is 12.5. The number of aliphatic carboxylic acids is 1. The molecule has 29 heavy (non-hydrogen) atoms. The highest BCUT2D eigenvalue weighted by atomic mass is 16.4. The minimum absolute atomic E-state index is 0.0533. The minimum atomic E-state index is -0.850. The molecule has 2 aromatic carbocycles. The molecule has 9 heteroatoms. The van der Waals surface area contributed by atoms with Crippen molar-refractivity contribution in [3.05, 3.63) is 64.7 Å². The highest BCUT2D eigenvalue weighted by Crippen LogP contribution is 2.17. The molecule has 0 saturated heterocycles. The van der Waals surface area contributed by atoms with Crippen LogP contribution in [0.15, 0.2) is 47.5 Å². The number of nitrogens with one attached hydrogen (secondary N) is 2. The average molecular weight is 397 g/mol. The number of primary amides is 1. The number of hydrogen-bond donors (Lipinski definition) is 5. The summed E-state index contributed by atoms with van der Waals surface area (Å²) in [6, 6.07) is 11.2. The Labute approximate surface area is 167 Å². The lowest BCUT2D eigenvalue weighted by molar-refractivity contribution is -0.136. The Morgan fingerprint density at radius 2 is 1.76 bits per heavy atom. The molecule has 9 nitrogen and oxygen atoms in total. The number of benzene rings is 2. The van der Waals surface area contributed by atoms with Crippen molar-refractivity contribution in [3.8, 4) is 0 Å². The molecule has 0 radical (unpaired) electrons. The van der Waals surface area contributed by atoms with E-state index in [1.165, 1.54) is 6.07 Å². The van der Waals surface area contributed by atoms with Crippen molar-refractivity contribution >= 4 is 29.6 Å². The Morgan fingerprint density at radius 1 is 1.07 bits per heavy atom. The Kier molecular flexibility index (Phi) is 7.30. The summed E-state index contributed by atoms with van der Waals surface area (Å²) in [5.41, 5.74) is 14.1. The smallest absolute Gasteiger partial charge is 0.318 e. The topological polar surface area (TPSA) is 160 Å². The number of aryl methyl sites for hydroxylation is 1. The van der Waals surface area contributed by atoms with E-state index in [0.717, 1.165) is 16.7 Å². The van der Waals surface area contributed by atoms with Gasteiger partial charge in [-0.1, -0.05) is 24.3 Å². The van der Waals surface area contributed by atoms with Crippen molar-refractivity contribution < 1.29 is 19.5 Å². The van der Waals surface area contributed by atoms with Crippen LogP contribution in [0.25, 0.3) is 0 Å². The first kappa shape index (κ1) is 21.4. The number of aliphatic imine (C=N–C) groups is 1. The summed E-state index contributed by atoms with van der Waals surface area (Å²) in [6.45, 7) is 2.20. The number of carbonyl (C=O) groups excluding carboxylic acids is 2. The molecule has 2 rings (SSSR count). The fourth-order valence-corrected chi connectivity index (χ4v) is 2.73. The Morgan fingerprint density at radius 3 is 2.45 bits per heavy atom. The number of hydrogen-bond acceptors (Lipinski definition) is 4. The van der Waals surface area contributed by atoms with Crippen LogP contribution in [0.2, 0.25) is 0 Å². The average Bonchev–Trinajstić information content (AvgIpc) is 2.65. The Hall–Kier alpha value is -3.88. The lowest BCUT2D eigenvalue weighted by Crippen LogP contribution is -2.39. The molecule has 7 N–H and O–H groups in total. The summed E-state index contributed by atoms with van der Waals surface area (Å²) in [5, 5.41) is 13.8. The van der Waals surface area contributed by atoms with Crippen molar-refractivity contribution in [2.45, 2.75) is 26.3 Å². The lowest BCUT2D eigenvalue weighted by Gasteiger charge is -2.12. The first-order valence-corrected chi connectivity index (χ1v) is 8.84. The van der Waals surface area contributed by atoms with E-state index in [1.807, 2.05) is 25.1 Å². The molecule has 152 valence electrons. The molecule has 0 saturated carbocycles. The zero-order valence-corrected chi connectivity index (χ0v) is 15.9. The van der Waals surface area contributed by atoms with E-state index in [4.69, 9.17) is 16.6 Å². The summed E-state index contributed by atoms with van der Waals surface area (Å²) < 4.78 is 0. The highest BCUT2D eigenvalue weighted by molar-refractivity contribution is 5.97. The van der Waals surface area contributed by atoms with Gasteiger partial charge in [-0.05, 0) is 48.2 Å². The SMILES string of the molecule is Cc1c(CCC(=O)O)cccc1CNC(=O)c1cccc(N=C(N)NC(N)=O)c1. The first-order chi connectivity index (χ1) is 13.8. The number of nitrogens with two attached hydrogens (primary N) is 2. The maximum Gasteiger partial charge on any atom is 0.318 e.